The maximum atomic E-state index is 11.9. The number of hydrogen-bond donors (Lipinski definition) is 1. The number of pyridine rings is 1. The van der Waals surface area contributed by atoms with Crippen molar-refractivity contribution in [2.75, 3.05) is 13.7 Å². The summed E-state index contributed by atoms with van der Waals surface area (Å²) in [5, 5.41) is 15.0. The van der Waals surface area contributed by atoms with Crippen molar-refractivity contribution in [3.63, 3.8) is 0 Å². The van der Waals surface area contributed by atoms with Crippen molar-refractivity contribution in [1.82, 2.24) is 10.4 Å². The van der Waals surface area contributed by atoms with Gasteiger partial charge < -0.3 is 9.47 Å². The molecule has 0 atom stereocenters. The van der Waals surface area contributed by atoms with Gasteiger partial charge in [-0.1, -0.05) is 0 Å². The summed E-state index contributed by atoms with van der Waals surface area (Å²) < 4.78 is 10.4. The summed E-state index contributed by atoms with van der Waals surface area (Å²) in [5.41, 5.74) is 2.86. The quantitative estimate of drug-likeness (QED) is 0.467. The smallest absolute Gasteiger partial charge is 0.315 e. The van der Waals surface area contributed by atoms with Crippen LogP contribution >= 0.6 is 0 Å². The van der Waals surface area contributed by atoms with E-state index in [0.29, 0.717) is 11.1 Å². The molecule has 0 aliphatic rings. The normalized spacial score (nSPS) is 10.5. The van der Waals surface area contributed by atoms with Gasteiger partial charge in [-0.3, -0.25) is 19.9 Å². The molecule has 1 N–H and O–H groups in total. The molecule has 2 rings (SSSR count). The van der Waals surface area contributed by atoms with E-state index in [2.05, 4.69) is 15.5 Å². The Labute approximate surface area is 143 Å². The maximum absolute atomic E-state index is 11.9. The zero-order valence-electron chi connectivity index (χ0n) is 13.6. The van der Waals surface area contributed by atoms with Crippen LogP contribution < -0.4 is 14.9 Å². The number of nitrogens with zero attached hydrogens (tertiary/aromatic N) is 3. The van der Waals surface area contributed by atoms with E-state index >= 15 is 0 Å². The molecule has 1 amide bonds. The molecule has 0 saturated carbocycles. The molecule has 0 aliphatic carbocycles. The lowest BCUT2D eigenvalue weighted by atomic mass is 10.2. The Morgan fingerprint density at radius 2 is 2.12 bits per heavy atom. The van der Waals surface area contributed by atoms with Gasteiger partial charge in [0, 0.05) is 29.6 Å². The molecule has 1 aromatic carbocycles. The van der Waals surface area contributed by atoms with Crippen molar-refractivity contribution < 1.29 is 19.2 Å². The van der Waals surface area contributed by atoms with E-state index in [0.717, 1.165) is 0 Å². The molecule has 25 heavy (non-hydrogen) atoms. The topological polar surface area (TPSA) is 116 Å². The van der Waals surface area contributed by atoms with Gasteiger partial charge in [-0.25, -0.2) is 5.43 Å². The van der Waals surface area contributed by atoms with E-state index in [-0.39, 0.29) is 23.8 Å². The summed E-state index contributed by atoms with van der Waals surface area (Å²) in [4.78, 5) is 26.3. The molecule has 0 bridgehead atoms. The zero-order chi connectivity index (χ0) is 18.2. The number of methoxy groups -OCH3 is 1. The minimum atomic E-state index is -0.569. The third kappa shape index (κ3) is 4.50. The molecule has 0 spiro atoms. The van der Waals surface area contributed by atoms with Crippen LogP contribution in [0.15, 0.2) is 41.8 Å². The fourth-order valence-corrected chi connectivity index (χ4v) is 1.99. The van der Waals surface area contributed by atoms with E-state index in [1.54, 1.807) is 6.92 Å². The first-order valence-electron chi connectivity index (χ1n) is 7.29. The van der Waals surface area contributed by atoms with E-state index in [9.17, 15) is 14.9 Å². The highest BCUT2D eigenvalue weighted by Gasteiger charge is 2.21. The second-order valence-electron chi connectivity index (χ2n) is 4.70. The highest BCUT2D eigenvalue weighted by Crippen LogP contribution is 2.37. The van der Waals surface area contributed by atoms with E-state index in [4.69, 9.17) is 9.47 Å². The van der Waals surface area contributed by atoms with Crippen LogP contribution in [-0.2, 0) is 0 Å². The van der Waals surface area contributed by atoms with Gasteiger partial charge in [-0.15, -0.1) is 0 Å². The summed E-state index contributed by atoms with van der Waals surface area (Å²) in [7, 11) is 1.38. The first-order valence-corrected chi connectivity index (χ1v) is 7.29. The van der Waals surface area contributed by atoms with Crippen LogP contribution in [0, 0.1) is 10.1 Å². The highest BCUT2D eigenvalue weighted by molar-refractivity contribution is 5.94. The SMILES string of the molecule is CCOc1c(OC)cc(/C=N\NC(=O)c2ccncc2)cc1[N+](=O)[O-]. The van der Waals surface area contributed by atoms with Gasteiger partial charge in [0.25, 0.3) is 5.91 Å². The Morgan fingerprint density at radius 3 is 2.72 bits per heavy atom. The number of hydrogen-bond acceptors (Lipinski definition) is 7. The second-order valence-corrected chi connectivity index (χ2v) is 4.70. The van der Waals surface area contributed by atoms with Gasteiger partial charge in [0.2, 0.25) is 5.75 Å². The van der Waals surface area contributed by atoms with Gasteiger partial charge in [0.1, 0.15) is 0 Å². The van der Waals surface area contributed by atoms with Gasteiger partial charge in [-0.05, 0) is 25.1 Å². The number of rotatable bonds is 7. The van der Waals surface area contributed by atoms with Crippen LogP contribution in [-0.4, -0.2) is 35.7 Å². The van der Waals surface area contributed by atoms with Crippen LogP contribution in [0.1, 0.15) is 22.8 Å². The maximum Gasteiger partial charge on any atom is 0.315 e. The lowest BCUT2D eigenvalue weighted by Gasteiger charge is -2.10. The number of carbonyl (C=O) groups is 1. The number of benzene rings is 1. The average Bonchev–Trinajstić information content (AvgIpc) is 2.63. The number of nitrogens with one attached hydrogen (secondary N) is 1. The van der Waals surface area contributed by atoms with Gasteiger partial charge in [-0.2, -0.15) is 5.10 Å². The molecule has 0 fully saturated rings. The van der Waals surface area contributed by atoms with Crippen LogP contribution in [0.5, 0.6) is 11.5 Å². The Kier molecular flexibility index (Phi) is 5.99. The minimum absolute atomic E-state index is 0.0490. The monoisotopic (exact) mass is 344 g/mol. The van der Waals surface area contributed by atoms with Crippen LogP contribution in [0.2, 0.25) is 0 Å². The molecule has 0 radical (unpaired) electrons. The fourth-order valence-electron chi connectivity index (χ4n) is 1.99. The Morgan fingerprint density at radius 1 is 1.40 bits per heavy atom. The standard InChI is InChI=1S/C16H16N4O5/c1-3-25-15-13(20(22)23)8-11(9-14(15)24-2)10-18-19-16(21)12-4-6-17-7-5-12/h4-10H,3H2,1-2H3,(H,19,21)/b18-10-. The summed E-state index contributed by atoms with van der Waals surface area (Å²) >= 11 is 0. The minimum Gasteiger partial charge on any atom is -0.493 e. The largest absolute Gasteiger partial charge is 0.493 e. The number of aromatic nitrogens is 1. The number of amides is 1. The number of nitro groups is 1. The van der Waals surface area contributed by atoms with Crippen LogP contribution in [0.4, 0.5) is 5.69 Å². The summed E-state index contributed by atoms with van der Waals surface area (Å²) in [6.45, 7) is 1.97. The molecule has 9 nitrogen and oxygen atoms in total. The molecule has 130 valence electrons. The van der Waals surface area contributed by atoms with Crippen molar-refractivity contribution in [2.24, 2.45) is 5.10 Å². The van der Waals surface area contributed by atoms with E-state index in [1.807, 2.05) is 0 Å². The highest BCUT2D eigenvalue weighted by atomic mass is 16.6. The zero-order valence-corrected chi connectivity index (χ0v) is 13.6. The molecule has 0 aliphatic heterocycles. The third-order valence-electron chi connectivity index (χ3n) is 3.09. The molecule has 1 heterocycles. The van der Waals surface area contributed by atoms with E-state index < -0.39 is 10.8 Å². The summed E-state index contributed by atoms with van der Waals surface area (Å²) in [6, 6.07) is 5.89. The predicted molar refractivity (Wildman–Crippen MR) is 90.1 cm³/mol. The van der Waals surface area contributed by atoms with Gasteiger partial charge in [0.15, 0.2) is 5.75 Å². The fraction of sp³-hybridized carbons (Fsp3) is 0.188. The first-order chi connectivity index (χ1) is 12.1. The van der Waals surface area contributed by atoms with Crippen molar-refractivity contribution in [1.29, 1.82) is 0 Å². The number of nitro benzene ring substituents is 1. The number of hydrazone groups is 1. The van der Waals surface area contributed by atoms with E-state index in [1.165, 1.54) is 50.0 Å². The number of ether oxygens (including phenoxy) is 2. The molecule has 1 aromatic heterocycles. The predicted octanol–water partition coefficient (Wildman–Crippen LogP) is 2.16. The molecular weight excluding hydrogens is 328 g/mol. The first kappa shape index (κ1) is 17.9. The number of carbonyl (C=O) groups excluding carboxylic acids is 1. The molecule has 2 aromatic rings. The van der Waals surface area contributed by atoms with Gasteiger partial charge in [0.05, 0.1) is 24.9 Å². The van der Waals surface area contributed by atoms with Crippen molar-refractivity contribution in [3.8, 4) is 11.5 Å². The molecule has 0 unspecified atom stereocenters. The summed E-state index contributed by atoms with van der Waals surface area (Å²) in [5.74, 6) is -0.169. The third-order valence-corrected chi connectivity index (χ3v) is 3.09. The summed E-state index contributed by atoms with van der Waals surface area (Å²) in [6.07, 6.45) is 4.25. The molecule has 9 heteroatoms. The Hall–Kier alpha value is -3.49. The van der Waals surface area contributed by atoms with Crippen molar-refractivity contribution in [2.45, 2.75) is 6.92 Å². The Balaban J connectivity index is 2.23. The van der Waals surface area contributed by atoms with Crippen molar-refractivity contribution >= 4 is 17.8 Å². The lowest BCUT2D eigenvalue weighted by Crippen LogP contribution is -2.17. The van der Waals surface area contributed by atoms with Crippen LogP contribution in [0.25, 0.3) is 0 Å². The second kappa shape index (κ2) is 8.39. The molecule has 0 saturated heterocycles. The Bertz CT molecular complexity index is 793. The average molecular weight is 344 g/mol. The molecular formula is C16H16N4O5. The van der Waals surface area contributed by atoms with Gasteiger partial charge >= 0.3 is 5.69 Å². The van der Waals surface area contributed by atoms with Crippen molar-refractivity contribution in [3.05, 3.63) is 57.9 Å². The lowest BCUT2D eigenvalue weighted by molar-refractivity contribution is -0.385. The van der Waals surface area contributed by atoms with Crippen LogP contribution in [0.3, 0.4) is 0 Å².